The molecule has 2 atom stereocenters. The smallest absolute Gasteiger partial charge is 0.253 e. The Hall–Kier alpha value is -1.41. The SMILES string of the molecule is O=P1(OC2CCCCC2)c2ccccc2CNC1c1ccccc1. The van der Waals surface area contributed by atoms with Crippen molar-refractivity contribution in [3.8, 4) is 0 Å². The lowest BCUT2D eigenvalue weighted by Crippen LogP contribution is -2.36. The molecule has 2 aromatic rings. The van der Waals surface area contributed by atoms with Crippen LogP contribution in [0.15, 0.2) is 54.6 Å². The normalized spacial score (nSPS) is 27.6. The standard InChI is InChI=1S/C20H24NO2P/c22-24(23-18-12-5-2-6-13-18)19-14-8-7-11-17(19)15-21-20(24)16-9-3-1-4-10-16/h1,3-4,7-11,14,18,20-21H,2,5-6,12-13,15H2. The van der Waals surface area contributed by atoms with Crippen LogP contribution < -0.4 is 10.6 Å². The van der Waals surface area contributed by atoms with Crippen LogP contribution in [-0.4, -0.2) is 6.10 Å². The van der Waals surface area contributed by atoms with E-state index in [2.05, 4.69) is 11.4 Å². The van der Waals surface area contributed by atoms with Crippen LogP contribution >= 0.6 is 7.37 Å². The summed E-state index contributed by atoms with van der Waals surface area (Å²) in [6.07, 6.45) is 5.78. The van der Waals surface area contributed by atoms with Gasteiger partial charge in [-0.05, 0) is 30.0 Å². The highest BCUT2D eigenvalue weighted by Gasteiger charge is 2.43. The van der Waals surface area contributed by atoms with Gasteiger partial charge in [0.25, 0.3) is 7.37 Å². The van der Waals surface area contributed by atoms with Crippen LogP contribution in [-0.2, 0) is 15.6 Å². The Morgan fingerprint density at radius 3 is 2.42 bits per heavy atom. The van der Waals surface area contributed by atoms with Gasteiger partial charge in [-0.2, -0.15) is 0 Å². The maximum Gasteiger partial charge on any atom is 0.253 e. The maximum atomic E-state index is 14.2. The molecule has 0 amide bonds. The van der Waals surface area contributed by atoms with Crippen molar-refractivity contribution in [3.63, 3.8) is 0 Å². The number of hydrogen-bond acceptors (Lipinski definition) is 3. The molecule has 3 nitrogen and oxygen atoms in total. The molecule has 126 valence electrons. The second-order valence-electron chi connectivity index (χ2n) is 6.79. The molecule has 1 aliphatic carbocycles. The Morgan fingerprint density at radius 1 is 0.917 bits per heavy atom. The average Bonchev–Trinajstić information content (AvgIpc) is 2.64. The van der Waals surface area contributed by atoms with Gasteiger partial charge in [-0.15, -0.1) is 0 Å². The zero-order valence-electron chi connectivity index (χ0n) is 13.9. The molecule has 4 rings (SSSR count). The second-order valence-corrected chi connectivity index (χ2v) is 9.19. The summed E-state index contributed by atoms with van der Waals surface area (Å²) in [6.45, 7) is 0.730. The molecule has 2 unspecified atom stereocenters. The summed E-state index contributed by atoms with van der Waals surface area (Å²) < 4.78 is 20.6. The van der Waals surface area contributed by atoms with Gasteiger partial charge in [0.1, 0.15) is 5.78 Å². The summed E-state index contributed by atoms with van der Waals surface area (Å²) in [6, 6.07) is 18.1. The fourth-order valence-corrected chi connectivity index (χ4v) is 6.80. The summed E-state index contributed by atoms with van der Waals surface area (Å²) in [4.78, 5) is 0. The van der Waals surface area contributed by atoms with Gasteiger partial charge in [0.05, 0.1) is 6.10 Å². The van der Waals surface area contributed by atoms with Crippen molar-refractivity contribution in [3.05, 3.63) is 65.7 Å². The topological polar surface area (TPSA) is 38.3 Å². The number of fused-ring (bicyclic) bond motifs is 1. The lowest BCUT2D eigenvalue weighted by Gasteiger charge is -2.37. The van der Waals surface area contributed by atoms with E-state index < -0.39 is 7.37 Å². The van der Waals surface area contributed by atoms with E-state index in [0.717, 1.165) is 35.8 Å². The van der Waals surface area contributed by atoms with Gasteiger partial charge in [0, 0.05) is 11.8 Å². The highest BCUT2D eigenvalue weighted by Crippen LogP contribution is 2.61. The molecule has 0 aromatic heterocycles. The molecule has 2 aliphatic rings. The molecule has 0 bridgehead atoms. The zero-order chi connectivity index (χ0) is 16.4. The third-order valence-corrected chi connectivity index (χ3v) is 8.01. The summed E-state index contributed by atoms with van der Waals surface area (Å²) >= 11 is 0. The monoisotopic (exact) mass is 341 g/mol. The van der Waals surface area contributed by atoms with Gasteiger partial charge in [-0.25, -0.2) is 0 Å². The van der Waals surface area contributed by atoms with Crippen LogP contribution in [0.5, 0.6) is 0 Å². The van der Waals surface area contributed by atoms with Gasteiger partial charge in [-0.1, -0.05) is 67.8 Å². The highest BCUT2D eigenvalue weighted by molar-refractivity contribution is 7.67. The molecule has 4 heteroatoms. The molecule has 1 saturated carbocycles. The van der Waals surface area contributed by atoms with E-state index >= 15 is 0 Å². The van der Waals surface area contributed by atoms with Gasteiger partial charge < -0.3 is 4.52 Å². The Labute approximate surface area is 143 Å². The van der Waals surface area contributed by atoms with Crippen LogP contribution in [0.2, 0.25) is 0 Å². The minimum Gasteiger partial charge on any atom is -0.321 e. The van der Waals surface area contributed by atoms with Crippen LogP contribution in [0.25, 0.3) is 0 Å². The molecule has 0 radical (unpaired) electrons. The van der Waals surface area contributed by atoms with Crippen molar-refractivity contribution < 1.29 is 9.09 Å². The molecule has 1 fully saturated rings. The van der Waals surface area contributed by atoms with Crippen molar-refractivity contribution in [2.45, 2.75) is 50.5 Å². The fourth-order valence-electron chi connectivity index (χ4n) is 3.89. The first-order valence-corrected chi connectivity index (χ1v) is 10.6. The fraction of sp³-hybridized carbons (Fsp3) is 0.400. The van der Waals surface area contributed by atoms with E-state index in [0.29, 0.717) is 0 Å². The number of hydrogen-bond donors (Lipinski definition) is 1. The van der Waals surface area contributed by atoms with Crippen LogP contribution in [0.4, 0.5) is 0 Å². The largest absolute Gasteiger partial charge is 0.321 e. The molecule has 2 aromatic carbocycles. The summed E-state index contributed by atoms with van der Waals surface area (Å²) in [5.74, 6) is -0.254. The minimum absolute atomic E-state index is 0.115. The lowest BCUT2D eigenvalue weighted by atomic mass is 9.98. The molecule has 1 N–H and O–H groups in total. The van der Waals surface area contributed by atoms with Crippen LogP contribution in [0.1, 0.15) is 49.0 Å². The third kappa shape index (κ3) is 2.97. The van der Waals surface area contributed by atoms with Crippen LogP contribution in [0, 0.1) is 0 Å². The summed E-state index contributed by atoms with van der Waals surface area (Å²) in [5.41, 5.74) is 2.15. The minimum atomic E-state index is -3.02. The molecule has 0 spiro atoms. The van der Waals surface area contributed by atoms with Gasteiger partial charge >= 0.3 is 0 Å². The first kappa shape index (κ1) is 16.1. The predicted octanol–water partition coefficient (Wildman–Crippen LogP) is 4.74. The Bertz CT molecular complexity index is 740. The molecular weight excluding hydrogens is 317 g/mol. The number of nitrogens with one attached hydrogen (secondary N) is 1. The molecular formula is C20H24NO2P. The predicted molar refractivity (Wildman–Crippen MR) is 97.7 cm³/mol. The highest BCUT2D eigenvalue weighted by atomic mass is 31.2. The van der Waals surface area contributed by atoms with E-state index in [4.69, 9.17) is 4.52 Å². The Kier molecular flexibility index (Phi) is 4.58. The van der Waals surface area contributed by atoms with E-state index in [-0.39, 0.29) is 11.9 Å². The van der Waals surface area contributed by atoms with Crippen molar-refractivity contribution in [1.82, 2.24) is 5.32 Å². The summed E-state index contributed by atoms with van der Waals surface area (Å²) in [5, 5.41) is 4.39. The molecule has 24 heavy (non-hydrogen) atoms. The summed E-state index contributed by atoms with van der Waals surface area (Å²) in [7, 11) is -3.02. The number of rotatable bonds is 3. The van der Waals surface area contributed by atoms with E-state index in [1.165, 1.54) is 19.3 Å². The van der Waals surface area contributed by atoms with Crippen molar-refractivity contribution in [1.29, 1.82) is 0 Å². The Balaban J connectivity index is 1.75. The molecule has 1 aliphatic heterocycles. The number of benzene rings is 2. The van der Waals surface area contributed by atoms with Crippen molar-refractivity contribution >= 4 is 12.7 Å². The average molecular weight is 341 g/mol. The first-order chi connectivity index (χ1) is 11.8. The van der Waals surface area contributed by atoms with Gasteiger partial charge in [0.2, 0.25) is 0 Å². The Morgan fingerprint density at radius 2 is 1.62 bits per heavy atom. The molecule has 0 saturated heterocycles. The first-order valence-electron chi connectivity index (χ1n) is 8.92. The van der Waals surface area contributed by atoms with Gasteiger partial charge in [0.15, 0.2) is 0 Å². The van der Waals surface area contributed by atoms with Gasteiger partial charge in [-0.3, -0.25) is 9.88 Å². The van der Waals surface area contributed by atoms with Crippen LogP contribution in [0.3, 0.4) is 0 Å². The van der Waals surface area contributed by atoms with Crippen molar-refractivity contribution in [2.75, 3.05) is 0 Å². The third-order valence-electron chi connectivity index (χ3n) is 5.13. The lowest BCUT2D eigenvalue weighted by molar-refractivity contribution is 0.156. The van der Waals surface area contributed by atoms with Crippen molar-refractivity contribution in [2.24, 2.45) is 0 Å². The zero-order valence-corrected chi connectivity index (χ0v) is 14.8. The van der Waals surface area contributed by atoms with E-state index in [9.17, 15) is 4.57 Å². The maximum absolute atomic E-state index is 14.2. The molecule has 1 heterocycles. The second kappa shape index (κ2) is 6.84. The van der Waals surface area contributed by atoms with E-state index in [1.807, 2.05) is 48.5 Å². The quantitative estimate of drug-likeness (QED) is 0.820. The van der Waals surface area contributed by atoms with E-state index in [1.54, 1.807) is 0 Å².